The molecule has 0 bridgehead atoms. The van der Waals surface area contributed by atoms with Gasteiger partial charge in [-0.2, -0.15) is 0 Å². The van der Waals surface area contributed by atoms with E-state index in [4.69, 9.17) is 16.4 Å². The van der Waals surface area contributed by atoms with Gasteiger partial charge in [0, 0.05) is 25.4 Å². The zero-order chi connectivity index (χ0) is 20.0. The lowest BCUT2D eigenvalue weighted by atomic mass is 9.98. The number of oxime groups is 1. The summed E-state index contributed by atoms with van der Waals surface area (Å²) in [6.07, 6.45) is 8.13. The van der Waals surface area contributed by atoms with Gasteiger partial charge in [0.15, 0.2) is 5.84 Å². The molecule has 0 radical (unpaired) electrons. The maximum absolute atomic E-state index is 6.16. The Bertz CT molecular complexity index is 1110. The predicted molar refractivity (Wildman–Crippen MR) is 117 cm³/mol. The lowest BCUT2D eigenvalue weighted by Crippen LogP contribution is -2.46. The molecule has 3 aromatic rings. The second-order valence-corrected chi connectivity index (χ2v) is 9.25. The third-order valence-corrected chi connectivity index (χ3v) is 6.89. The standard InChI is InChI=1S/C22H21ClN4OS/c1-15-13-26(14-24-15)18-7-5-16(6-8-18)12-17-4-3-11-27-21(17)25-28-22(27,2)19-9-10-20(23)29-19/h5-10,12-14H,3-4,11H2,1-2H3/b17-12+. The molecule has 5 nitrogen and oxygen atoms in total. The summed E-state index contributed by atoms with van der Waals surface area (Å²) in [5, 5.41) is 4.47. The van der Waals surface area contributed by atoms with Crippen LogP contribution in [0.5, 0.6) is 0 Å². The lowest BCUT2D eigenvalue weighted by Gasteiger charge is -2.36. The van der Waals surface area contributed by atoms with E-state index in [1.165, 1.54) is 5.57 Å². The molecule has 148 valence electrons. The highest BCUT2D eigenvalue weighted by Crippen LogP contribution is 2.43. The minimum Gasteiger partial charge on any atom is -0.359 e. The first kappa shape index (κ1) is 18.5. The van der Waals surface area contributed by atoms with Crippen LogP contribution in [0.25, 0.3) is 11.8 Å². The molecule has 5 rings (SSSR count). The molecule has 0 amide bonds. The van der Waals surface area contributed by atoms with Gasteiger partial charge in [0.05, 0.1) is 21.2 Å². The molecule has 0 spiro atoms. The first-order chi connectivity index (χ1) is 14.0. The molecule has 1 atom stereocenters. The van der Waals surface area contributed by atoms with E-state index in [2.05, 4.69) is 52.3 Å². The van der Waals surface area contributed by atoms with Gasteiger partial charge >= 0.3 is 0 Å². The Kier molecular flexibility index (Phi) is 4.48. The lowest BCUT2D eigenvalue weighted by molar-refractivity contribution is -0.0884. The Hall–Kier alpha value is -2.57. The quantitative estimate of drug-likeness (QED) is 0.550. The molecule has 0 saturated carbocycles. The van der Waals surface area contributed by atoms with Crippen molar-refractivity contribution in [1.82, 2.24) is 14.5 Å². The number of fused-ring (bicyclic) bond motifs is 1. The topological polar surface area (TPSA) is 42.7 Å². The Morgan fingerprint density at radius 2 is 2.03 bits per heavy atom. The summed E-state index contributed by atoms with van der Waals surface area (Å²) in [6.45, 7) is 4.98. The number of hydrogen-bond acceptors (Lipinski definition) is 5. The summed E-state index contributed by atoms with van der Waals surface area (Å²) in [5.74, 6) is 0.928. The number of rotatable bonds is 3. The van der Waals surface area contributed by atoms with E-state index in [0.717, 1.165) is 51.4 Å². The number of piperidine rings is 1. The molecular formula is C22H21ClN4OS. The minimum absolute atomic E-state index is 0.588. The molecule has 1 aromatic carbocycles. The number of nitrogens with zero attached hydrogens (tertiary/aromatic N) is 4. The average Bonchev–Trinajstić information content (AvgIpc) is 3.43. The molecule has 0 N–H and O–H groups in total. The Balaban J connectivity index is 1.41. The summed E-state index contributed by atoms with van der Waals surface area (Å²) in [6, 6.07) is 12.4. The van der Waals surface area contributed by atoms with Gasteiger partial charge in [-0.15, -0.1) is 11.3 Å². The molecule has 2 aliphatic rings. The van der Waals surface area contributed by atoms with Gasteiger partial charge in [-0.1, -0.05) is 28.9 Å². The van der Waals surface area contributed by atoms with Crippen LogP contribution in [-0.4, -0.2) is 26.8 Å². The first-order valence-electron chi connectivity index (χ1n) is 9.64. The highest BCUT2D eigenvalue weighted by atomic mass is 35.5. The number of amidine groups is 1. The van der Waals surface area contributed by atoms with Crippen molar-refractivity contribution < 1.29 is 4.84 Å². The van der Waals surface area contributed by atoms with Crippen LogP contribution >= 0.6 is 22.9 Å². The van der Waals surface area contributed by atoms with Crippen LogP contribution < -0.4 is 0 Å². The number of halogens is 1. The number of thiophene rings is 1. The fourth-order valence-electron chi connectivity index (χ4n) is 3.91. The molecule has 4 heterocycles. The molecule has 1 unspecified atom stereocenters. The molecule has 29 heavy (non-hydrogen) atoms. The number of hydrogen-bond donors (Lipinski definition) is 0. The SMILES string of the molecule is Cc1cn(-c2ccc(/C=C3\CCCN4C3=NOC4(C)c3ccc(Cl)s3)cc2)cn1. The molecule has 0 aliphatic carbocycles. The zero-order valence-corrected chi connectivity index (χ0v) is 17.9. The zero-order valence-electron chi connectivity index (χ0n) is 16.3. The van der Waals surface area contributed by atoms with Gasteiger partial charge in [0.2, 0.25) is 5.72 Å². The average molecular weight is 425 g/mol. The first-order valence-corrected chi connectivity index (χ1v) is 10.8. The predicted octanol–water partition coefficient (Wildman–Crippen LogP) is 5.59. The fraction of sp³-hybridized carbons (Fsp3) is 0.273. The van der Waals surface area contributed by atoms with E-state index in [1.807, 2.05) is 36.1 Å². The van der Waals surface area contributed by atoms with Gasteiger partial charge in [-0.05, 0) is 61.2 Å². The third-order valence-electron chi connectivity index (χ3n) is 5.47. The molecule has 1 saturated heterocycles. The Labute approximate surface area is 178 Å². The van der Waals surface area contributed by atoms with E-state index in [9.17, 15) is 0 Å². The van der Waals surface area contributed by atoms with Crippen LogP contribution in [-0.2, 0) is 10.6 Å². The van der Waals surface area contributed by atoms with Crippen molar-refractivity contribution in [2.24, 2.45) is 5.16 Å². The number of aryl methyl sites for hydroxylation is 1. The monoisotopic (exact) mass is 424 g/mol. The molecule has 1 fully saturated rings. The van der Waals surface area contributed by atoms with Crippen LogP contribution in [0.4, 0.5) is 0 Å². The summed E-state index contributed by atoms with van der Waals surface area (Å²) < 4.78 is 2.79. The van der Waals surface area contributed by atoms with Crippen LogP contribution in [0, 0.1) is 6.92 Å². The second-order valence-electron chi connectivity index (χ2n) is 7.53. The highest BCUT2D eigenvalue weighted by molar-refractivity contribution is 7.16. The summed E-state index contributed by atoms with van der Waals surface area (Å²) in [4.78, 5) is 13.6. The number of benzene rings is 1. The van der Waals surface area contributed by atoms with Crippen LogP contribution in [0.3, 0.4) is 0 Å². The van der Waals surface area contributed by atoms with Crippen molar-refractivity contribution in [3.63, 3.8) is 0 Å². The van der Waals surface area contributed by atoms with Gasteiger partial charge in [-0.25, -0.2) is 4.98 Å². The van der Waals surface area contributed by atoms with Crippen molar-refractivity contribution in [3.05, 3.63) is 75.0 Å². The van der Waals surface area contributed by atoms with Crippen molar-refractivity contribution in [1.29, 1.82) is 0 Å². The van der Waals surface area contributed by atoms with E-state index < -0.39 is 5.72 Å². The van der Waals surface area contributed by atoms with E-state index in [-0.39, 0.29) is 0 Å². The van der Waals surface area contributed by atoms with E-state index in [0.29, 0.717) is 0 Å². The van der Waals surface area contributed by atoms with E-state index >= 15 is 0 Å². The van der Waals surface area contributed by atoms with Gasteiger partial charge in [0.25, 0.3) is 0 Å². The second kappa shape index (κ2) is 7.04. The Morgan fingerprint density at radius 3 is 2.72 bits per heavy atom. The van der Waals surface area contributed by atoms with Crippen LogP contribution in [0.1, 0.15) is 35.9 Å². The maximum Gasteiger partial charge on any atom is 0.243 e. The third kappa shape index (κ3) is 3.26. The minimum atomic E-state index is -0.588. The highest BCUT2D eigenvalue weighted by Gasteiger charge is 2.46. The van der Waals surface area contributed by atoms with Crippen molar-refractivity contribution in [2.45, 2.75) is 32.4 Å². The summed E-state index contributed by atoms with van der Waals surface area (Å²) >= 11 is 7.70. The fourth-order valence-corrected chi connectivity index (χ4v) is 5.04. The van der Waals surface area contributed by atoms with Gasteiger partial charge in [-0.3, -0.25) is 0 Å². The summed E-state index contributed by atoms with van der Waals surface area (Å²) in [5.41, 5.74) is 3.87. The van der Waals surface area contributed by atoms with Gasteiger partial charge in [0.1, 0.15) is 0 Å². The van der Waals surface area contributed by atoms with E-state index in [1.54, 1.807) is 11.3 Å². The smallest absolute Gasteiger partial charge is 0.243 e. The van der Waals surface area contributed by atoms with Crippen molar-refractivity contribution in [2.75, 3.05) is 6.54 Å². The molecular weight excluding hydrogens is 404 g/mol. The largest absolute Gasteiger partial charge is 0.359 e. The van der Waals surface area contributed by atoms with Crippen LogP contribution in [0.15, 0.2) is 59.7 Å². The van der Waals surface area contributed by atoms with Crippen LogP contribution in [0.2, 0.25) is 4.34 Å². The van der Waals surface area contributed by atoms with Crippen molar-refractivity contribution >= 4 is 34.8 Å². The van der Waals surface area contributed by atoms with Gasteiger partial charge < -0.3 is 14.3 Å². The number of imidazole rings is 1. The Morgan fingerprint density at radius 1 is 1.21 bits per heavy atom. The molecule has 2 aliphatic heterocycles. The summed E-state index contributed by atoms with van der Waals surface area (Å²) in [7, 11) is 0. The number of aromatic nitrogens is 2. The maximum atomic E-state index is 6.16. The normalized spacial score (nSPS) is 22.5. The molecule has 2 aromatic heterocycles. The molecule has 7 heteroatoms. The van der Waals surface area contributed by atoms with Crippen molar-refractivity contribution in [3.8, 4) is 5.69 Å².